The number of para-hydroxylation sites is 2. The number of fused-ring (bicyclic) bond motifs is 1. The molecule has 23 heavy (non-hydrogen) atoms. The summed E-state index contributed by atoms with van der Waals surface area (Å²) in [6.45, 7) is 7.74. The topological polar surface area (TPSA) is 86.9 Å². The quantitative estimate of drug-likeness (QED) is 0.765. The number of amides is 2. The van der Waals surface area contributed by atoms with E-state index >= 15 is 0 Å². The van der Waals surface area contributed by atoms with Gasteiger partial charge in [-0.3, -0.25) is 14.9 Å². The smallest absolute Gasteiger partial charge is 0.249 e. The largest absolute Gasteiger partial charge is 0.344 e. The number of H-pyrrole nitrogens is 1. The summed E-state index contributed by atoms with van der Waals surface area (Å²) < 4.78 is 0. The van der Waals surface area contributed by atoms with Crippen LogP contribution < -0.4 is 10.6 Å². The molecule has 1 aromatic heterocycles. The van der Waals surface area contributed by atoms with Crippen LogP contribution in [0.5, 0.6) is 0 Å². The van der Waals surface area contributed by atoms with Crippen LogP contribution in [0.2, 0.25) is 0 Å². The van der Waals surface area contributed by atoms with Crippen LogP contribution in [0.4, 0.5) is 5.95 Å². The SMILES string of the molecule is CC(C)CC(=O)NC(C(=O)Nc1nc2ccccc2[nH]1)C(C)C. The van der Waals surface area contributed by atoms with Gasteiger partial charge in [-0.05, 0) is 24.0 Å². The Morgan fingerprint density at radius 2 is 1.87 bits per heavy atom. The first kappa shape index (κ1) is 17.0. The van der Waals surface area contributed by atoms with E-state index in [1.807, 2.05) is 52.0 Å². The molecule has 0 radical (unpaired) electrons. The maximum Gasteiger partial charge on any atom is 0.249 e. The second kappa shape index (κ2) is 7.26. The van der Waals surface area contributed by atoms with E-state index in [1.165, 1.54) is 0 Å². The summed E-state index contributed by atoms with van der Waals surface area (Å²) in [5.41, 5.74) is 1.64. The summed E-state index contributed by atoms with van der Waals surface area (Å²) in [6, 6.07) is 6.95. The fraction of sp³-hybridized carbons (Fsp3) is 0.471. The molecule has 2 rings (SSSR count). The van der Waals surface area contributed by atoms with Crippen LogP contribution in [0.3, 0.4) is 0 Å². The number of nitrogens with zero attached hydrogens (tertiary/aromatic N) is 1. The number of nitrogens with one attached hydrogen (secondary N) is 3. The van der Waals surface area contributed by atoms with E-state index in [0.717, 1.165) is 11.0 Å². The number of hydrogen-bond acceptors (Lipinski definition) is 3. The Bertz CT molecular complexity index is 658. The Morgan fingerprint density at radius 3 is 2.48 bits per heavy atom. The van der Waals surface area contributed by atoms with Crippen molar-refractivity contribution in [3.05, 3.63) is 24.3 Å². The number of aromatic amines is 1. The zero-order valence-corrected chi connectivity index (χ0v) is 14.0. The van der Waals surface area contributed by atoms with Crippen molar-refractivity contribution >= 4 is 28.8 Å². The summed E-state index contributed by atoms with van der Waals surface area (Å²) in [7, 11) is 0. The molecule has 0 aliphatic heterocycles. The Balaban J connectivity index is 2.07. The van der Waals surface area contributed by atoms with Gasteiger partial charge in [-0.15, -0.1) is 0 Å². The van der Waals surface area contributed by atoms with Gasteiger partial charge < -0.3 is 10.3 Å². The first-order valence-corrected chi connectivity index (χ1v) is 7.91. The van der Waals surface area contributed by atoms with Crippen LogP contribution in [-0.4, -0.2) is 27.8 Å². The number of aromatic nitrogens is 2. The number of benzene rings is 1. The molecule has 0 spiro atoms. The summed E-state index contributed by atoms with van der Waals surface area (Å²) in [5, 5.41) is 5.56. The standard InChI is InChI=1S/C17H24N4O2/c1-10(2)9-14(22)20-15(11(3)4)16(23)21-17-18-12-7-5-6-8-13(12)19-17/h5-8,10-11,15H,9H2,1-4H3,(H,20,22)(H2,18,19,21,23). The van der Waals surface area contributed by atoms with E-state index in [1.54, 1.807) is 0 Å². The molecule has 0 saturated carbocycles. The van der Waals surface area contributed by atoms with Crippen molar-refractivity contribution in [3.63, 3.8) is 0 Å². The minimum atomic E-state index is -0.588. The molecule has 1 unspecified atom stereocenters. The number of imidazole rings is 1. The van der Waals surface area contributed by atoms with Gasteiger partial charge in [0.05, 0.1) is 11.0 Å². The number of carbonyl (C=O) groups is 2. The van der Waals surface area contributed by atoms with Gasteiger partial charge in [0.25, 0.3) is 0 Å². The highest BCUT2D eigenvalue weighted by molar-refractivity contribution is 5.97. The van der Waals surface area contributed by atoms with Gasteiger partial charge in [0.15, 0.2) is 0 Å². The van der Waals surface area contributed by atoms with Crippen molar-refractivity contribution in [2.24, 2.45) is 11.8 Å². The van der Waals surface area contributed by atoms with Crippen molar-refractivity contribution in [3.8, 4) is 0 Å². The van der Waals surface area contributed by atoms with Crippen LogP contribution in [0, 0.1) is 11.8 Å². The van der Waals surface area contributed by atoms with Crippen molar-refractivity contribution in [2.45, 2.75) is 40.2 Å². The highest BCUT2D eigenvalue weighted by atomic mass is 16.2. The van der Waals surface area contributed by atoms with Crippen LogP contribution >= 0.6 is 0 Å². The molecular weight excluding hydrogens is 292 g/mol. The van der Waals surface area contributed by atoms with E-state index in [4.69, 9.17) is 0 Å². The molecule has 1 heterocycles. The molecule has 0 fully saturated rings. The molecule has 1 aromatic carbocycles. The second-order valence-corrected chi connectivity index (χ2v) is 6.48. The summed E-state index contributed by atoms with van der Waals surface area (Å²) >= 11 is 0. The fourth-order valence-electron chi connectivity index (χ4n) is 2.34. The zero-order chi connectivity index (χ0) is 17.0. The Kier molecular flexibility index (Phi) is 5.36. The third-order valence-electron chi connectivity index (χ3n) is 3.49. The van der Waals surface area contributed by atoms with Crippen LogP contribution in [0.25, 0.3) is 11.0 Å². The van der Waals surface area contributed by atoms with Gasteiger partial charge in [0, 0.05) is 6.42 Å². The zero-order valence-electron chi connectivity index (χ0n) is 14.0. The molecule has 1 atom stereocenters. The number of carbonyl (C=O) groups excluding carboxylic acids is 2. The maximum atomic E-state index is 12.5. The van der Waals surface area contributed by atoms with E-state index < -0.39 is 6.04 Å². The summed E-state index contributed by atoms with van der Waals surface area (Å²) in [5.74, 6) is 0.242. The predicted molar refractivity (Wildman–Crippen MR) is 90.9 cm³/mol. The average Bonchev–Trinajstić information content (AvgIpc) is 2.85. The highest BCUT2D eigenvalue weighted by Crippen LogP contribution is 2.14. The van der Waals surface area contributed by atoms with E-state index in [-0.39, 0.29) is 23.7 Å². The molecule has 0 aliphatic rings. The second-order valence-electron chi connectivity index (χ2n) is 6.48. The third-order valence-corrected chi connectivity index (χ3v) is 3.49. The predicted octanol–water partition coefficient (Wildman–Crippen LogP) is 2.69. The number of anilines is 1. The van der Waals surface area contributed by atoms with Crippen molar-refractivity contribution in [1.82, 2.24) is 15.3 Å². The summed E-state index contributed by atoms with van der Waals surface area (Å²) in [4.78, 5) is 31.8. The minimum absolute atomic E-state index is 0.0181. The minimum Gasteiger partial charge on any atom is -0.344 e. The molecule has 0 aliphatic carbocycles. The van der Waals surface area contributed by atoms with Gasteiger partial charge in [0.1, 0.15) is 6.04 Å². The number of rotatable bonds is 6. The molecular formula is C17H24N4O2. The van der Waals surface area contributed by atoms with E-state index in [9.17, 15) is 9.59 Å². The molecule has 0 bridgehead atoms. The molecule has 0 saturated heterocycles. The van der Waals surface area contributed by atoms with Crippen LogP contribution in [0.1, 0.15) is 34.1 Å². The molecule has 2 amide bonds. The molecule has 124 valence electrons. The normalized spacial score (nSPS) is 12.6. The van der Waals surface area contributed by atoms with Gasteiger partial charge in [-0.1, -0.05) is 39.8 Å². The number of hydrogen-bond donors (Lipinski definition) is 3. The van der Waals surface area contributed by atoms with Crippen molar-refractivity contribution in [2.75, 3.05) is 5.32 Å². The van der Waals surface area contributed by atoms with Crippen LogP contribution in [-0.2, 0) is 9.59 Å². The van der Waals surface area contributed by atoms with Gasteiger partial charge in [0.2, 0.25) is 17.8 Å². The van der Waals surface area contributed by atoms with E-state index in [0.29, 0.717) is 12.4 Å². The molecule has 2 aromatic rings. The molecule has 6 nitrogen and oxygen atoms in total. The lowest BCUT2D eigenvalue weighted by atomic mass is 10.0. The molecule has 3 N–H and O–H groups in total. The average molecular weight is 316 g/mol. The Morgan fingerprint density at radius 1 is 1.17 bits per heavy atom. The van der Waals surface area contributed by atoms with Crippen LogP contribution in [0.15, 0.2) is 24.3 Å². The van der Waals surface area contributed by atoms with Crippen molar-refractivity contribution < 1.29 is 9.59 Å². The maximum absolute atomic E-state index is 12.5. The fourth-order valence-corrected chi connectivity index (χ4v) is 2.34. The van der Waals surface area contributed by atoms with Crippen molar-refractivity contribution in [1.29, 1.82) is 0 Å². The first-order chi connectivity index (χ1) is 10.9. The first-order valence-electron chi connectivity index (χ1n) is 7.91. The lowest BCUT2D eigenvalue weighted by Crippen LogP contribution is -2.47. The third kappa shape index (κ3) is 4.55. The highest BCUT2D eigenvalue weighted by Gasteiger charge is 2.25. The van der Waals surface area contributed by atoms with Gasteiger partial charge in [-0.25, -0.2) is 4.98 Å². The van der Waals surface area contributed by atoms with Gasteiger partial charge in [-0.2, -0.15) is 0 Å². The van der Waals surface area contributed by atoms with E-state index in [2.05, 4.69) is 20.6 Å². The monoisotopic (exact) mass is 316 g/mol. The lowest BCUT2D eigenvalue weighted by molar-refractivity contribution is -0.127. The lowest BCUT2D eigenvalue weighted by Gasteiger charge is -2.21. The summed E-state index contributed by atoms with van der Waals surface area (Å²) in [6.07, 6.45) is 0.404. The molecule has 6 heteroatoms. The Hall–Kier alpha value is -2.37. The van der Waals surface area contributed by atoms with Gasteiger partial charge >= 0.3 is 0 Å². The Labute approximate surface area is 136 Å².